The van der Waals surface area contributed by atoms with E-state index in [2.05, 4.69) is 20.1 Å². The van der Waals surface area contributed by atoms with Crippen molar-refractivity contribution in [1.82, 2.24) is 25.0 Å². The maximum absolute atomic E-state index is 12.9. The highest BCUT2D eigenvalue weighted by molar-refractivity contribution is 6.31. The molecule has 0 bridgehead atoms. The number of nitrogens with zero attached hydrogens (tertiary/aromatic N) is 4. The molecule has 1 amide bonds. The van der Waals surface area contributed by atoms with E-state index in [9.17, 15) is 4.79 Å². The predicted octanol–water partition coefficient (Wildman–Crippen LogP) is 3.04. The van der Waals surface area contributed by atoms with Crippen molar-refractivity contribution in [1.29, 1.82) is 0 Å². The van der Waals surface area contributed by atoms with Crippen LogP contribution in [0.1, 0.15) is 42.9 Å². The number of carbonyl (C=O) groups is 1. The molecule has 1 saturated heterocycles. The summed E-state index contributed by atoms with van der Waals surface area (Å²) in [5.41, 5.74) is 1.04. The molecule has 0 aliphatic carbocycles. The Morgan fingerprint density at radius 2 is 2.00 bits per heavy atom. The second-order valence-corrected chi connectivity index (χ2v) is 8.01. The molecule has 1 aromatic carbocycles. The van der Waals surface area contributed by atoms with Gasteiger partial charge >= 0.3 is 0 Å². The minimum atomic E-state index is -0.0617. The number of rotatable bonds is 4. The van der Waals surface area contributed by atoms with Gasteiger partial charge in [-0.25, -0.2) is 0 Å². The fourth-order valence-corrected chi connectivity index (χ4v) is 4.38. The number of aromatic nitrogens is 3. The fourth-order valence-electron chi connectivity index (χ4n) is 4.17. The quantitative estimate of drug-likeness (QED) is 0.820. The fraction of sp³-hybridized carbons (Fsp3) is 0.550. The molecule has 1 fully saturated rings. The second kappa shape index (κ2) is 9.25. The molecule has 2 aliphatic heterocycles. The van der Waals surface area contributed by atoms with Crippen LogP contribution >= 0.6 is 24.0 Å². The van der Waals surface area contributed by atoms with Gasteiger partial charge in [-0.2, -0.15) is 0 Å². The molecule has 1 atom stereocenters. The highest BCUT2D eigenvalue weighted by Gasteiger charge is 2.30. The van der Waals surface area contributed by atoms with Crippen molar-refractivity contribution >= 4 is 29.9 Å². The number of hydrogen-bond acceptors (Lipinski definition) is 4. The van der Waals surface area contributed by atoms with Crippen molar-refractivity contribution in [2.45, 2.75) is 45.2 Å². The van der Waals surface area contributed by atoms with Gasteiger partial charge in [-0.15, -0.1) is 22.6 Å². The smallest absolute Gasteiger partial charge is 0.225 e. The van der Waals surface area contributed by atoms with Crippen LogP contribution in [0.3, 0.4) is 0 Å². The minimum absolute atomic E-state index is 0. The van der Waals surface area contributed by atoms with Gasteiger partial charge in [0.15, 0.2) is 0 Å². The van der Waals surface area contributed by atoms with Crippen LogP contribution in [0.5, 0.6) is 0 Å². The van der Waals surface area contributed by atoms with E-state index in [-0.39, 0.29) is 24.2 Å². The number of likely N-dealkylation sites (tertiary alicyclic amines) is 1. The van der Waals surface area contributed by atoms with E-state index in [1.165, 1.54) is 0 Å². The van der Waals surface area contributed by atoms with Gasteiger partial charge in [-0.3, -0.25) is 4.79 Å². The van der Waals surface area contributed by atoms with Gasteiger partial charge in [0.25, 0.3) is 0 Å². The molecule has 2 aromatic rings. The normalized spacial score (nSPS) is 18.3. The summed E-state index contributed by atoms with van der Waals surface area (Å²) >= 11 is 6.25. The molecular formula is C20H27Cl2N5O. The van der Waals surface area contributed by atoms with Crippen molar-refractivity contribution < 1.29 is 4.79 Å². The Morgan fingerprint density at radius 3 is 2.75 bits per heavy atom. The maximum Gasteiger partial charge on any atom is 0.225 e. The molecule has 2 aliphatic rings. The van der Waals surface area contributed by atoms with Gasteiger partial charge in [0, 0.05) is 43.0 Å². The molecule has 4 rings (SSSR count). The highest BCUT2D eigenvalue weighted by Crippen LogP contribution is 2.29. The summed E-state index contributed by atoms with van der Waals surface area (Å²) in [6.45, 7) is 6.28. The van der Waals surface area contributed by atoms with Crippen LogP contribution in [0.15, 0.2) is 24.3 Å². The lowest BCUT2D eigenvalue weighted by atomic mass is 9.93. The van der Waals surface area contributed by atoms with Crippen LogP contribution in [0.25, 0.3) is 0 Å². The van der Waals surface area contributed by atoms with Gasteiger partial charge in [0.1, 0.15) is 11.6 Å². The predicted molar refractivity (Wildman–Crippen MR) is 112 cm³/mol. The van der Waals surface area contributed by atoms with Crippen LogP contribution < -0.4 is 5.32 Å². The molecule has 0 radical (unpaired) electrons. The molecule has 6 nitrogen and oxygen atoms in total. The summed E-state index contributed by atoms with van der Waals surface area (Å²) in [7, 11) is 0. The molecule has 1 aromatic heterocycles. The number of nitrogens with one attached hydrogen (secondary N) is 1. The first-order chi connectivity index (χ1) is 13.1. The monoisotopic (exact) mass is 423 g/mol. The number of hydrogen-bond donors (Lipinski definition) is 1. The number of piperidine rings is 1. The number of carbonyl (C=O) groups excluding carboxylic acids is 1. The van der Waals surface area contributed by atoms with E-state index in [1.54, 1.807) is 0 Å². The maximum atomic E-state index is 12.9. The molecule has 1 N–H and O–H groups in total. The molecule has 0 saturated carbocycles. The van der Waals surface area contributed by atoms with Crippen molar-refractivity contribution in [3.8, 4) is 0 Å². The van der Waals surface area contributed by atoms with E-state index in [4.69, 9.17) is 11.6 Å². The third-order valence-electron chi connectivity index (χ3n) is 5.73. The zero-order valence-electron chi connectivity index (χ0n) is 16.1. The zero-order valence-corrected chi connectivity index (χ0v) is 17.7. The van der Waals surface area contributed by atoms with Gasteiger partial charge in [-0.05, 0) is 30.9 Å². The lowest BCUT2D eigenvalue weighted by molar-refractivity contribution is -0.136. The van der Waals surface area contributed by atoms with Gasteiger partial charge in [0.2, 0.25) is 5.91 Å². The second-order valence-electron chi connectivity index (χ2n) is 7.60. The third kappa shape index (κ3) is 4.34. The average Bonchev–Trinajstić information content (AvgIpc) is 3.13. The highest BCUT2D eigenvalue weighted by atomic mass is 35.5. The van der Waals surface area contributed by atoms with E-state index >= 15 is 0 Å². The summed E-state index contributed by atoms with van der Waals surface area (Å²) in [5.74, 6) is 2.69. The van der Waals surface area contributed by atoms with Crippen molar-refractivity contribution in [2.24, 2.45) is 5.92 Å². The molecular weight excluding hydrogens is 397 g/mol. The molecule has 152 valence electrons. The number of benzene rings is 1. The Bertz CT molecular complexity index is 817. The van der Waals surface area contributed by atoms with E-state index in [0.29, 0.717) is 12.3 Å². The average molecular weight is 424 g/mol. The Balaban J connectivity index is 0.00000225. The summed E-state index contributed by atoms with van der Waals surface area (Å²) in [4.78, 5) is 14.9. The van der Waals surface area contributed by atoms with Crippen LogP contribution in [-0.2, 0) is 24.3 Å². The molecule has 28 heavy (non-hydrogen) atoms. The Hall–Kier alpha value is -1.63. The summed E-state index contributed by atoms with van der Waals surface area (Å²) in [6.07, 6.45) is 2.59. The topological polar surface area (TPSA) is 63.1 Å². The first kappa shape index (κ1) is 21.1. The molecule has 8 heteroatoms. The standard InChI is InChI=1S/C20H26ClN5O.ClH/c1-14(12-16-4-2-3-5-17(16)21)20(27)25-9-6-15(7-10-25)19-24-23-18-13-22-8-11-26(18)19;/h2-5,14-15,22H,6-13H2,1H3;1H. The Labute approximate surface area is 177 Å². The van der Waals surface area contributed by atoms with Crippen LogP contribution in [0, 0.1) is 5.92 Å². The SMILES string of the molecule is CC(Cc1ccccc1Cl)C(=O)N1CCC(c2nnc3n2CCNC3)CC1.Cl. The Morgan fingerprint density at radius 1 is 1.25 bits per heavy atom. The third-order valence-corrected chi connectivity index (χ3v) is 6.10. The van der Waals surface area contributed by atoms with Gasteiger partial charge < -0.3 is 14.8 Å². The van der Waals surface area contributed by atoms with Crippen LogP contribution in [0.2, 0.25) is 5.02 Å². The zero-order chi connectivity index (χ0) is 18.8. The summed E-state index contributed by atoms with van der Waals surface area (Å²) in [5, 5.41) is 12.8. The van der Waals surface area contributed by atoms with Crippen molar-refractivity contribution in [2.75, 3.05) is 19.6 Å². The van der Waals surface area contributed by atoms with E-state index < -0.39 is 0 Å². The van der Waals surface area contributed by atoms with E-state index in [0.717, 1.165) is 67.8 Å². The number of amides is 1. The number of fused-ring (bicyclic) bond motifs is 1. The molecule has 3 heterocycles. The van der Waals surface area contributed by atoms with E-state index in [1.807, 2.05) is 36.1 Å². The van der Waals surface area contributed by atoms with Gasteiger partial charge in [0.05, 0.1) is 6.54 Å². The van der Waals surface area contributed by atoms with Crippen LogP contribution in [-0.4, -0.2) is 45.2 Å². The Kier molecular flexibility index (Phi) is 6.96. The van der Waals surface area contributed by atoms with Crippen molar-refractivity contribution in [3.63, 3.8) is 0 Å². The largest absolute Gasteiger partial charge is 0.342 e. The molecule has 1 unspecified atom stereocenters. The van der Waals surface area contributed by atoms with Gasteiger partial charge in [-0.1, -0.05) is 36.7 Å². The number of halogens is 2. The first-order valence-corrected chi connectivity index (χ1v) is 10.2. The first-order valence-electron chi connectivity index (χ1n) is 9.78. The van der Waals surface area contributed by atoms with Crippen LogP contribution in [0.4, 0.5) is 0 Å². The lowest BCUT2D eigenvalue weighted by Crippen LogP contribution is -2.41. The lowest BCUT2D eigenvalue weighted by Gasteiger charge is -2.33. The van der Waals surface area contributed by atoms with Crippen molar-refractivity contribution in [3.05, 3.63) is 46.5 Å². The summed E-state index contributed by atoms with van der Waals surface area (Å²) in [6, 6.07) is 7.77. The minimum Gasteiger partial charge on any atom is -0.342 e. The summed E-state index contributed by atoms with van der Waals surface area (Å²) < 4.78 is 2.26. The molecule has 0 spiro atoms.